The van der Waals surface area contributed by atoms with E-state index in [2.05, 4.69) is 0 Å². The number of ether oxygens (including phenoxy) is 2. The smallest absolute Gasteiger partial charge is 0.246 e. The second kappa shape index (κ2) is 10.4. The fourth-order valence-corrected chi connectivity index (χ4v) is 4.05. The number of carbonyl (C=O) groups is 1. The van der Waals surface area contributed by atoms with Gasteiger partial charge in [0.15, 0.2) is 11.5 Å². The molecular weight excluding hydrogens is 414 g/mol. The first-order valence-electron chi connectivity index (χ1n) is 11.2. The van der Waals surface area contributed by atoms with Crippen LogP contribution < -0.4 is 9.47 Å². The van der Waals surface area contributed by atoms with Crippen LogP contribution in [0.5, 0.6) is 11.5 Å². The van der Waals surface area contributed by atoms with Gasteiger partial charge in [0.1, 0.15) is 6.61 Å². The molecule has 0 aromatic heterocycles. The highest BCUT2D eigenvalue weighted by atomic mass is 16.5. The van der Waals surface area contributed by atoms with Gasteiger partial charge >= 0.3 is 0 Å². The Labute approximate surface area is 194 Å². The summed E-state index contributed by atoms with van der Waals surface area (Å²) in [7, 11) is 1.60. The number of methoxy groups -OCH3 is 1. The van der Waals surface area contributed by atoms with Crippen LogP contribution in [0.15, 0.2) is 84.9 Å². The van der Waals surface area contributed by atoms with Gasteiger partial charge in [-0.25, -0.2) is 0 Å². The van der Waals surface area contributed by atoms with Crippen molar-refractivity contribution in [2.75, 3.05) is 20.2 Å². The second-order valence-electron chi connectivity index (χ2n) is 8.24. The van der Waals surface area contributed by atoms with Gasteiger partial charge in [-0.2, -0.15) is 0 Å². The maximum Gasteiger partial charge on any atom is 0.246 e. The standard InChI is InChI=1S/C28H29NO4/c1-32-26-20-22(12-14-25(26)33-21-23-8-4-2-5-9-23)13-15-27(30)29-18-16-28(31,17-19-29)24-10-6-3-7-11-24/h2-15,20,31H,16-19,21H2,1H3/b15-13+. The van der Waals surface area contributed by atoms with Gasteiger partial charge in [0.25, 0.3) is 0 Å². The quantitative estimate of drug-likeness (QED) is 0.533. The van der Waals surface area contributed by atoms with E-state index < -0.39 is 5.60 Å². The van der Waals surface area contributed by atoms with Crippen molar-refractivity contribution in [3.05, 3.63) is 102 Å². The van der Waals surface area contributed by atoms with Crippen LogP contribution in [0.1, 0.15) is 29.5 Å². The molecule has 1 N–H and O–H groups in total. The summed E-state index contributed by atoms with van der Waals surface area (Å²) in [6.45, 7) is 1.49. The van der Waals surface area contributed by atoms with Gasteiger partial charge in [0, 0.05) is 19.2 Å². The Bertz CT molecular complexity index is 1090. The first-order valence-corrected chi connectivity index (χ1v) is 11.2. The highest BCUT2D eigenvalue weighted by Crippen LogP contribution is 2.33. The third kappa shape index (κ3) is 5.62. The summed E-state index contributed by atoms with van der Waals surface area (Å²) < 4.78 is 11.4. The molecule has 0 spiro atoms. The normalized spacial score (nSPS) is 15.4. The Kier molecular flexibility index (Phi) is 7.10. The molecule has 1 saturated heterocycles. The number of benzene rings is 3. The molecule has 33 heavy (non-hydrogen) atoms. The van der Waals surface area contributed by atoms with Crippen LogP contribution in [-0.2, 0) is 17.0 Å². The fourth-order valence-electron chi connectivity index (χ4n) is 4.05. The predicted octanol–water partition coefficient (Wildman–Crippen LogP) is 4.80. The van der Waals surface area contributed by atoms with Gasteiger partial charge in [0.05, 0.1) is 12.7 Å². The molecule has 170 valence electrons. The summed E-state index contributed by atoms with van der Waals surface area (Å²) in [5.41, 5.74) is 1.97. The third-order valence-corrected chi connectivity index (χ3v) is 6.06. The number of likely N-dealkylation sites (tertiary alicyclic amines) is 1. The number of rotatable bonds is 7. The van der Waals surface area contributed by atoms with Crippen LogP contribution in [0.2, 0.25) is 0 Å². The van der Waals surface area contributed by atoms with Crippen LogP contribution in [0.25, 0.3) is 6.08 Å². The molecule has 1 heterocycles. The molecule has 1 aliphatic heterocycles. The molecule has 5 heteroatoms. The van der Waals surface area contributed by atoms with Crippen LogP contribution in [-0.4, -0.2) is 36.1 Å². The molecule has 0 radical (unpaired) electrons. The van der Waals surface area contributed by atoms with Crippen molar-refractivity contribution in [3.8, 4) is 11.5 Å². The molecule has 0 aliphatic carbocycles. The van der Waals surface area contributed by atoms with E-state index in [0.29, 0.717) is 44.0 Å². The van der Waals surface area contributed by atoms with Crippen LogP contribution in [0, 0.1) is 0 Å². The Morgan fingerprint density at radius 3 is 2.30 bits per heavy atom. The van der Waals surface area contributed by atoms with E-state index in [1.165, 1.54) is 0 Å². The minimum atomic E-state index is -0.870. The number of aliphatic hydroxyl groups is 1. The van der Waals surface area contributed by atoms with Crippen molar-refractivity contribution in [2.45, 2.75) is 25.0 Å². The Hall–Kier alpha value is -3.57. The van der Waals surface area contributed by atoms with E-state index in [0.717, 1.165) is 16.7 Å². The minimum absolute atomic E-state index is 0.0616. The zero-order valence-corrected chi connectivity index (χ0v) is 18.8. The number of carbonyl (C=O) groups excluding carboxylic acids is 1. The molecule has 1 amide bonds. The molecular formula is C28H29NO4. The lowest BCUT2D eigenvalue weighted by Crippen LogP contribution is -2.44. The minimum Gasteiger partial charge on any atom is -0.493 e. The van der Waals surface area contributed by atoms with E-state index in [4.69, 9.17) is 9.47 Å². The molecule has 0 bridgehead atoms. The van der Waals surface area contributed by atoms with Crippen molar-refractivity contribution >= 4 is 12.0 Å². The predicted molar refractivity (Wildman–Crippen MR) is 129 cm³/mol. The lowest BCUT2D eigenvalue weighted by molar-refractivity contribution is -0.130. The Morgan fingerprint density at radius 1 is 0.970 bits per heavy atom. The summed E-state index contributed by atoms with van der Waals surface area (Å²) in [5, 5.41) is 11.0. The van der Waals surface area contributed by atoms with Gasteiger partial charge in [-0.1, -0.05) is 66.7 Å². The number of hydrogen-bond acceptors (Lipinski definition) is 4. The Morgan fingerprint density at radius 2 is 1.64 bits per heavy atom. The van der Waals surface area contributed by atoms with Crippen molar-refractivity contribution in [1.29, 1.82) is 0 Å². The first-order chi connectivity index (χ1) is 16.1. The topological polar surface area (TPSA) is 59.0 Å². The maximum absolute atomic E-state index is 12.7. The van der Waals surface area contributed by atoms with E-state index >= 15 is 0 Å². The third-order valence-electron chi connectivity index (χ3n) is 6.06. The van der Waals surface area contributed by atoms with E-state index in [1.807, 2.05) is 78.9 Å². The second-order valence-corrected chi connectivity index (χ2v) is 8.24. The summed E-state index contributed by atoms with van der Waals surface area (Å²) in [5.74, 6) is 1.21. The largest absolute Gasteiger partial charge is 0.493 e. The van der Waals surface area contributed by atoms with Gasteiger partial charge < -0.3 is 19.5 Å². The lowest BCUT2D eigenvalue weighted by Gasteiger charge is -2.38. The average Bonchev–Trinajstić information content (AvgIpc) is 2.88. The molecule has 0 atom stereocenters. The zero-order chi connectivity index (χ0) is 23.1. The molecule has 1 aliphatic rings. The summed E-state index contributed by atoms with van der Waals surface area (Å²) in [6, 6.07) is 25.2. The zero-order valence-electron chi connectivity index (χ0n) is 18.8. The van der Waals surface area contributed by atoms with E-state index in [9.17, 15) is 9.90 Å². The summed E-state index contributed by atoms with van der Waals surface area (Å²) in [4.78, 5) is 14.5. The highest BCUT2D eigenvalue weighted by Gasteiger charge is 2.34. The molecule has 5 nitrogen and oxygen atoms in total. The number of hydrogen-bond donors (Lipinski definition) is 1. The molecule has 3 aromatic rings. The Balaban J connectivity index is 1.35. The van der Waals surface area contributed by atoms with Gasteiger partial charge in [-0.05, 0) is 47.7 Å². The van der Waals surface area contributed by atoms with Crippen molar-refractivity contribution in [1.82, 2.24) is 4.90 Å². The maximum atomic E-state index is 12.7. The molecule has 3 aromatic carbocycles. The molecule has 1 fully saturated rings. The highest BCUT2D eigenvalue weighted by molar-refractivity contribution is 5.92. The summed E-state index contributed by atoms with van der Waals surface area (Å²) in [6.07, 6.45) is 4.41. The molecule has 4 rings (SSSR count). The number of amides is 1. The van der Waals surface area contributed by atoms with Crippen LogP contribution in [0.4, 0.5) is 0 Å². The van der Waals surface area contributed by atoms with E-state index in [-0.39, 0.29) is 5.91 Å². The van der Waals surface area contributed by atoms with E-state index in [1.54, 1.807) is 24.2 Å². The number of nitrogens with zero attached hydrogens (tertiary/aromatic N) is 1. The molecule has 0 saturated carbocycles. The lowest BCUT2D eigenvalue weighted by atomic mass is 9.84. The SMILES string of the molecule is COc1cc(/C=C/C(=O)N2CCC(O)(c3ccccc3)CC2)ccc1OCc1ccccc1. The number of piperidine rings is 1. The van der Waals surface area contributed by atoms with Crippen molar-refractivity contribution in [2.24, 2.45) is 0 Å². The van der Waals surface area contributed by atoms with Crippen LogP contribution in [0.3, 0.4) is 0 Å². The monoisotopic (exact) mass is 443 g/mol. The van der Waals surface area contributed by atoms with Crippen molar-refractivity contribution < 1.29 is 19.4 Å². The van der Waals surface area contributed by atoms with Gasteiger partial charge in [-0.3, -0.25) is 4.79 Å². The van der Waals surface area contributed by atoms with Gasteiger partial charge in [-0.15, -0.1) is 0 Å². The average molecular weight is 444 g/mol. The fraction of sp³-hybridized carbons (Fsp3) is 0.250. The van der Waals surface area contributed by atoms with Crippen LogP contribution >= 0.6 is 0 Å². The van der Waals surface area contributed by atoms with Gasteiger partial charge in [0.2, 0.25) is 5.91 Å². The first kappa shape index (κ1) is 22.6. The summed E-state index contributed by atoms with van der Waals surface area (Å²) >= 11 is 0. The van der Waals surface area contributed by atoms with Crippen molar-refractivity contribution in [3.63, 3.8) is 0 Å². The molecule has 0 unspecified atom stereocenters.